The van der Waals surface area contributed by atoms with E-state index in [1.807, 2.05) is 0 Å². The zero-order valence-corrected chi connectivity index (χ0v) is 16.7. The summed E-state index contributed by atoms with van der Waals surface area (Å²) in [5.41, 5.74) is 0.896. The van der Waals surface area contributed by atoms with Crippen molar-refractivity contribution < 1.29 is 17.7 Å². The Kier molecular flexibility index (Phi) is 5.78. The quantitative estimate of drug-likeness (QED) is 0.657. The molecule has 0 radical (unpaired) electrons. The van der Waals surface area contributed by atoms with E-state index in [4.69, 9.17) is 16.1 Å². The molecule has 1 N–H and O–H groups in total. The molecule has 2 aromatic carbocycles. The molecule has 0 aliphatic carbocycles. The number of amides is 1. The Morgan fingerprint density at radius 3 is 2.64 bits per heavy atom. The molecule has 8 nitrogen and oxygen atoms in total. The monoisotopic (exact) mass is 420 g/mol. The number of benzene rings is 2. The van der Waals surface area contributed by atoms with Crippen molar-refractivity contribution in [2.24, 2.45) is 0 Å². The number of halogens is 1. The van der Waals surface area contributed by atoms with Crippen molar-refractivity contribution in [1.82, 2.24) is 19.8 Å². The summed E-state index contributed by atoms with van der Waals surface area (Å²) in [6.07, 6.45) is 0. The molecule has 0 unspecified atom stereocenters. The van der Waals surface area contributed by atoms with E-state index in [0.29, 0.717) is 16.4 Å². The van der Waals surface area contributed by atoms with Crippen LogP contribution in [0.1, 0.15) is 16.2 Å². The Bertz CT molecular complexity index is 1110. The van der Waals surface area contributed by atoms with Crippen molar-refractivity contribution in [3.8, 4) is 11.4 Å². The first-order valence-electron chi connectivity index (χ1n) is 8.16. The maximum absolute atomic E-state index is 12.4. The molecule has 0 saturated heterocycles. The Morgan fingerprint density at radius 2 is 1.93 bits per heavy atom. The predicted molar refractivity (Wildman–Crippen MR) is 103 cm³/mol. The Labute approximate surface area is 167 Å². The molecule has 0 aliphatic rings. The topological polar surface area (TPSA) is 105 Å². The Hall–Kier alpha value is -2.75. The van der Waals surface area contributed by atoms with Crippen LogP contribution in [0.25, 0.3) is 11.4 Å². The average molecular weight is 421 g/mol. The minimum atomic E-state index is -3.63. The van der Waals surface area contributed by atoms with Gasteiger partial charge in [-0.05, 0) is 30.3 Å². The second-order valence-corrected chi connectivity index (χ2v) is 8.61. The van der Waals surface area contributed by atoms with Crippen LogP contribution in [-0.4, -0.2) is 42.9 Å². The van der Waals surface area contributed by atoms with Crippen LogP contribution in [0.2, 0.25) is 5.02 Å². The minimum absolute atomic E-state index is 0.00292. The Balaban J connectivity index is 1.70. The fourth-order valence-electron chi connectivity index (χ4n) is 2.34. The molecule has 1 amide bonds. The highest BCUT2D eigenvalue weighted by Crippen LogP contribution is 2.20. The van der Waals surface area contributed by atoms with Gasteiger partial charge in [-0.25, -0.2) is 12.7 Å². The summed E-state index contributed by atoms with van der Waals surface area (Å²) in [6, 6.07) is 12.8. The zero-order valence-electron chi connectivity index (χ0n) is 15.1. The Morgan fingerprint density at radius 1 is 1.18 bits per heavy atom. The number of carbonyl (C=O) groups excluding carboxylic acids is 1. The second-order valence-electron chi connectivity index (χ2n) is 6.02. The third kappa shape index (κ3) is 4.38. The molecule has 0 spiro atoms. The fourth-order valence-corrected chi connectivity index (χ4v) is 3.48. The molecule has 0 atom stereocenters. The largest absolute Gasteiger partial charge is 0.343 e. The van der Waals surface area contributed by atoms with Crippen molar-refractivity contribution in [2.45, 2.75) is 11.4 Å². The van der Waals surface area contributed by atoms with Gasteiger partial charge in [0.1, 0.15) is 0 Å². The lowest BCUT2D eigenvalue weighted by atomic mass is 10.2. The summed E-state index contributed by atoms with van der Waals surface area (Å²) in [6.45, 7) is -0.00292. The van der Waals surface area contributed by atoms with Gasteiger partial charge in [0.25, 0.3) is 5.91 Å². The molecule has 1 aromatic heterocycles. The number of hydrogen-bond acceptors (Lipinski definition) is 6. The molecule has 0 bridgehead atoms. The predicted octanol–water partition coefficient (Wildman–Crippen LogP) is 2.57. The van der Waals surface area contributed by atoms with Crippen LogP contribution in [0, 0.1) is 0 Å². The average Bonchev–Trinajstić information content (AvgIpc) is 3.15. The third-order valence-electron chi connectivity index (χ3n) is 3.83. The van der Waals surface area contributed by atoms with Gasteiger partial charge in [0.05, 0.1) is 11.4 Å². The molecule has 0 fully saturated rings. The summed E-state index contributed by atoms with van der Waals surface area (Å²) in [4.78, 5) is 16.6. The molecule has 1 heterocycles. The van der Waals surface area contributed by atoms with Gasteiger partial charge >= 0.3 is 0 Å². The van der Waals surface area contributed by atoms with Crippen molar-refractivity contribution in [3.05, 3.63) is 65.0 Å². The number of rotatable bonds is 6. The lowest BCUT2D eigenvalue weighted by Gasteiger charge is -2.12. The normalized spacial score (nSPS) is 11.6. The highest BCUT2D eigenvalue weighted by atomic mass is 35.5. The summed E-state index contributed by atoms with van der Waals surface area (Å²) in [5, 5.41) is 7.04. The maximum atomic E-state index is 12.4. The third-order valence-corrected chi connectivity index (χ3v) is 5.87. The smallest absolute Gasteiger partial charge is 0.251 e. The molecule has 28 heavy (non-hydrogen) atoms. The van der Waals surface area contributed by atoms with Crippen molar-refractivity contribution in [3.63, 3.8) is 0 Å². The van der Waals surface area contributed by atoms with Crippen molar-refractivity contribution in [1.29, 1.82) is 0 Å². The van der Waals surface area contributed by atoms with Gasteiger partial charge in [-0.3, -0.25) is 4.79 Å². The molecular weight excluding hydrogens is 404 g/mol. The van der Waals surface area contributed by atoms with Gasteiger partial charge in [-0.1, -0.05) is 35.0 Å². The van der Waals surface area contributed by atoms with Crippen LogP contribution in [0.15, 0.2) is 57.9 Å². The van der Waals surface area contributed by atoms with E-state index < -0.39 is 15.9 Å². The van der Waals surface area contributed by atoms with Gasteiger partial charge in [-0.15, -0.1) is 0 Å². The van der Waals surface area contributed by atoms with Crippen molar-refractivity contribution >= 4 is 27.5 Å². The number of nitrogens with zero attached hydrogens (tertiary/aromatic N) is 3. The van der Waals surface area contributed by atoms with Crippen LogP contribution in [0.3, 0.4) is 0 Å². The van der Waals surface area contributed by atoms with Crippen molar-refractivity contribution in [2.75, 3.05) is 14.1 Å². The SMILES string of the molecule is CN(C)S(=O)(=O)c1cccc(C(=O)NCc2nc(-c3cccc(Cl)c3)no2)c1. The van der Waals surface area contributed by atoms with Gasteiger partial charge in [-0.2, -0.15) is 4.98 Å². The number of nitrogens with one attached hydrogen (secondary N) is 1. The highest BCUT2D eigenvalue weighted by Gasteiger charge is 2.19. The summed E-state index contributed by atoms with van der Waals surface area (Å²) in [5.74, 6) is 0.101. The van der Waals surface area contributed by atoms with E-state index in [1.54, 1.807) is 24.3 Å². The molecule has 3 rings (SSSR count). The number of aromatic nitrogens is 2. The number of sulfonamides is 1. The molecular formula is C18H17ClN4O4S. The first kappa shape index (κ1) is 20.0. The van der Waals surface area contributed by atoms with Crippen LogP contribution >= 0.6 is 11.6 Å². The van der Waals surface area contributed by atoms with Gasteiger partial charge in [0.15, 0.2) is 0 Å². The van der Waals surface area contributed by atoms with Crippen LogP contribution in [0.5, 0.6) is 0 Å². The van der Waals surface area contributed by atoms with E-state index in [9.17, 15) is 13.2 Å². The number of carbonyl (C=O) groups is 1. The lowest BCUT2D eigenvalue weighted by molar-refractivity contribution is 0.0946. The zero-order chi connectivity index (χ0) is 20.3. The second kappa shape index (κ2) is 8.09. The minimum Gasteiger partial charge on any atom is -0.343 e. The van der Waals surface area contributed by atoms with Crippen LogP contribution < -0.4 is 5.32 Å². The summed E-state index contributed by atoms with van der Waals surface area (Å²) in [7, 11) is -0.778. The molecule has 146 valence electrons. The molecule has 0 saturated carbocycles. The molecule has 0 aliphatic heterocycles. The van der Waals surface area contributed by atoms with E-state index in [0.717, 1.165) is 4.31 Å². The summed E-state index contributed by atoms with van der Waals surface area (Å²) >= 11 is 5.95. The van der Waals surface area contributed by atoms with Gasteiger partial charge < -0.3 is 9.84 Å². The van der Waals surface area contributed by atoms with E-state index >= 15 is 0 Å². The lowest BCUT2D eigenvalue weighted by Crippen LogP contribution is -2.25. The van der Waals surface area contributed by atoms with Gasteiger partial charge in [0.2, 0.25) is 21.7 Å². The first-order valence-corrected chi connectivity index (χ1v) is 9.98. The van der Waals surface area contributed by atoms with Gasteiger partial charge in [0, 0.05) is 30.2 Å². The molecule has 3 aromatic rings. The van der Waals surface area contributed by atoms with Crippen LogP contribution in [-0.2, 0) is 16.6 Å². The number of hydrogen-bond donors (Lipinski definition) is 1. The fraction of sp³-hybridized carbons (Fsp3) is 0.167. The maximum Gasteiger partial charge on any atom is 0.251 e. The van der Waals surface area contributed by atoms with E-state index in [1.165, 1.54) is 38.4 Å². The van der Waals surface area contributed by atoms with E-state index in [-0.39, 0.29) is 22.9 Å². The summed E-state index contributed by atoms with van der Waals surface area (Å²) < 4.78 is 30.6. The first-order chi connectivity index (χ1) is 13.3. The standard InChI is InChI=1S/C18H17ClN4O4S/c1-23(2)28(25,26)15-8-4-6-13(10-15)18(24)20-11-16-21-17(22-27-16)12-5-3-7-14(19)9-12/h3-10H,11H2,1-2H3,(H,20,24). The molecule has 10 heteroatoms. The highest BCUT2D eigenvalue weighted by molar-refractivity contribution is 7.89. The van der Waals surface area contributed by atoms with Crippen LogP contribution in [0.4, 0.5) is 0 Å². The van der Waals surface area contributed by atoms with E-state index in [2.05, 4.69) is 15.5 Å².